The van der Waals surface area contributed by atoms with Gasteiger partial charge in [0.05, 0.1) is 16.0 Å². The summed E-state index contributed by atoms with van der Waals surface area (Å²) in [7, 11) is -4.14. The highest BCUT2D eigenvalue weighted by Gasteiger charge is 2.36. The molecule has 2 aromatic carbocycles. The molecule has 30 heavy (non-hydrogen) atoms. The van der Waals surface area contributed by atoms with E-state index in [0.717, 1.165) is 30.3 Å². The van der Waals surface area contributed by atoms with Crippen molar-refractivity contribution in [2.24, 2.45) is 0 Å². The lowest BCUT2D eigenvalue weighted by molar-refractivity contribution is -0.140. The van der Waals surface area contributed by atoms with Crippen molar-refractivity contribution in [1.29, 1.82) is 0 Å². The molecular formula is C18H15F6NO4S. The van der Waals surface area contributed by atoms with Crippen molar-refractivity contribution in [3.8, 4) is 5.75 Å². The van der Waals surface area contributed by atoms with Gasteiger partial charge in [0.1, 0.15) is 5.75 Å². The number of benzene rings is 2. The van der Waals surface area contributed by atoms with Gasteiger partial charge in [-0.15, -0.1) is 0 Å². The lowest BCUT2D eigenvalue weighted by Gasteiger charge is -2.15. The van der Waals surface area contributed by atoms with Gasteiger partial charge in [0.25, 0.3) is 5.91 Å². The molecule has 5 nitrogen and oxygen atoms in total. The lowest BCUT2D eigenvalue weighted by Crippen LogP contribution is -2.29. The Hall–Kier alpha value is -2.76. The maximum Gasteiger partial charge on any atom is 0.419 e. The molecule has 0 bridgehead atoms. The smallest absolute Gasteiger partial charge is 0.419 e. The van der Waals surface area contributed by atoms with Crippen LogP contribution in [-0.2, 0) is 33.5 Å². The van der Waals surface area contributed by atoms with Crippen LogP contribution in [0.3, 0.4) is 0 Å². The van der Waals surface area contributed by atoms with Crippen LogP contribution in [0.4, 0.5) is 26.3 Å². The zero-order valence-electron chi connectivity index (χ0n) is 15.3. The molecule has 12 heteroatoms. The van der Waals surface area contributed by atoms with Gasteiger partial charge in [-0.1, -0.05) is 18.2 Å². The van der Waals surface area contributed by atoms with Gasteiger partial charge in [-0.3, -0.25) is 4.79 Å². The summed E-state index contributed by atoms with van der Waals surface area (Å²) in [6.07, 6.45) is -9.00. The third-order valence-corrected chi connectivity index (χ3v) is 4.94. The molecule has 0 radical (unpaired) electrons. The Morgan fingerprint density at radius 2 is 1.57 bits per heavy atom. The molecule has 2 aromatic rings. The number of nitrogens with one attached hydrogen (secondary N) is 1. The highest BCUT2D eigenvalue weighted by atomic mass is 32.2. The van der Waals surface area contributed by atoms with Crippen LogP contribution in [0.1, 0.15) is 16.7 Å². The molecule has 0 aliphatic heterocycles. The Balaban J connectivity index is 2.07. The number of halogens is 6. The second-order valence-electron chi connectivity index (χ2n) is 6.16. The van der Waals surface area contributed by atoms with Crippen molar-refractivity contribution < 1.29 is 44.3 Å². The van der Waals surface area contributed by atoms with Crippen molar-refractivity contribution in [2.75, 3.05) is 12.9 Å². The van der Waals surface area contributed by atoms with E-state index in [1.165, 1.54) is 6.07 Å². The summed E-state index contributed by atoms with van der Waals surface area (Å²) in [5, 5.41) is 2.20. The number of para-hydroxylation sites is 1. The fourth-order valence-electron chi connectivity index (χ4n) is 2.45. The van der Waals surface area contributed by atoms with E-state index in [9.17, 15) is 39.6 Å². The maximum absolute atomic E-state index is 13.1. The molecule has 1 N–H and O–H groups in total. The monoisotopic (exact) mass is 455 g/mol. The minimum Gasteiger partial charge on any atom is -0.483 e. The molecule has 0 saturated heterocycles. The van der Waals surface area contributed by atoms with Gasteiger partial charge in [0.2, 0.25) is 0 Å². The Labute approximate surface area is 167 Å². The number of carbonyl (C=O) groups is 1. The topological polar surface area (TPSA) is 72.5 Å². The molecule has 0 atom stereocenters. The van der Waals surface area contributed by atoms with E-state index in [-0.39, 0.29) is 5.56 Å². The minimum absolute atomic E-state index is 0.0567. The Bertz CT molecular complexity index is 1030. The van der Waals surface area contributed by atoms with E-state index in [1.807, 2.05) is 0 Å². The number of sulfone groups is 1. The van der Waals surface area contributed by atoms with Crippen LogP contribution in [0.15, 0.2) is 47.4 Å². The van der Waals surface area contributed by atoms with Gasteiger partial charge in [0.15, 0.2) is 16.4 Å². The Kier molecular flexibility index (Phi) is 6.70. The predicted octanol–water partition coefficient (Wildman–Crippen LogP) is 3.82. The first-order valence-electron chi connectivity index (χ1n) is 8.15. The summed E-state index contributed by atoms with van der Waals surface area (Å²) >= 11 is 0. The number of alkyl halides is 6. The zero-order valence-corrected chi connectivity index (χ0v) is 16.1. The van der Waals surface area contributed by atoms with Crippen LogP contribution < -0.4 is 10.1 Å². The highest BCUT2D eigenvalue weighted by molar-refractivity contribution is 7.90. The minimum atomic E-state index is -4.94. The summed E-state index contributed by atoms with van der Waals surface area (Å²) in [4.78, 5) is 10.9. The van der Waals surface area contributed by atoms with E-state index in [1.54, 1.807) is 0 Å². The zero-order chi connectivity index (χ0) is 22.7. The number of rotatable bonds is 6. The summed E-state index contributed by atoms with van der Waals surface area (Å²) < 4.78 is 106. The first-order chi connectivity index (χ1) is 13.7. The number of carbonyl (C=O) groups excluding carboxylic acids is 1. The summed E-state index contributed by atoms with van der Waals surface area (Å²) in [6.45, 7) is -1.23. The average Bonchev–Trinajstić information content (AvgIpc) is 2.62. The van der Waals surface area contributed by atoms with E-state index in [4.69, 9.17) is 4.74 Å². The first-order valence-corrected chi connectivity index (χ1v) is 10.0. The van der Waals surface area contributed by atoms with Crippen LogP contribution in [0.2, 0.25) is 0 Å². The molecular weight excluding hydrogens is 440 g/mol. The molecule has 0 heterocycles. The Morgan fingerprint density at radius 1 is 0.967 bits per heavy atom. The molecule has 1 amide bonds. The van der Waals surface area contributed by atoms with Crippen LogP contribution in [0.5, 0.6) is 5.75 Å². The van der Waals surface area contributed by atoms with Crippen LogP contribution in [-0.4, -0.2) is 27.2 Å². The second-order valence-corrected chi connectivity index (χ2v) is 8.14. The largest absolute Gasteiger partial charge is 0.483 e. The number of hydrogen-bond donors (Lipinski definition) is 1. The average molecular weight is 455 g/mol. The first kappa shape index (κ1) is 23.5. The van der Waals surface area contributed by atoms with E-state index < -0.39 is 63.0 Å². The van der Waals surface area contributed by atoms with Gasteiger partial charge < -0.3 is 10.1 Å². The SMILES string of the molecule is CS(=O)(=O)c1ccc(CNC(=O)COc2ccccc2C(F)(F)F)cc1C(F)(F)F. The van der Waals surface area contributed by atoms with Crippen LogP contribution in [0, 0.1) is 0 Å². The molecule has 0 aliphatic carbocycles. The molecule has 0 unspecified atom stereocenters. The van der Waals surface area contributed by atoms with Crippen molar-refractivity contribution in [2.45, 2.75) is 23.8 Å². The maximum atomic E-state index is 13.1. The second kappa shape index (κ2) is 8.54. The van der Waals surface area contributed by atoms with Crippen LogP contribution in [0.25, 0.3) is 0 Å². The number of amides is 1. The molecule has 164 valence electrons. The van der Waals surface area contributed by atoms with E-state index in [2.05, 4.69) is 5.32 Å². The fraction of sp³-hybridized carbons (Fsp3) is 0.278. The predicted molar refractivity (Wildman–Crippen MR) is 93.3 cm³/mol. The van der Waals surface area contributed by atoms with E-state index in [0.29, 0.717) is 12.3 Å². The number of ether oxygens (including phenoxy) is 1. The molecule has 2 rings (SSSR count). The normalized spacial score (nSPS) is 12.5. The number of hydrogen-bond acceptors (Lipinski definition) is 4. The fourth-order valence-corrected chi connectivity index (χ4v) is 3.34. The van der Waals surface area contributed by atoms with Gasteiger partial charge in [-0.25, -0.2) is 8.42 Å². The van der Waals surface area contributed by atoms with Gasteiger partial charge in [-0.2, -0.15) is 26.3 Å². The standard InChI is InChI=1S/C18H15F6NO4S/c1-30(27,28)15-7-6-11(8-13(15)18(22,23)24)9-25-16(26)10-29-14-5-3-2-4-12(14)17(19,20)21/h2-8H,9-10H2,1H3,(H,25,26). The molecule has 0 aromatic heterocycles. The lowest BCUT2D eigenvalue weighted by atomic mass is 10.1. The van der Waals surface area contributed by atoms with Gasteiger partial charge in [-0.05, 0) is 29.8 Å². The molecule has 0 fully saturated rings. The van der Waals surface area contributed by atoms with Crippen molar-refractivity contribution >= 4 is 15.7 Å². The van der Waals surface area contributed by atoms with E-state index >= 15 is 0 Å². The molecule has 0 spiro atoms. The van der Waals surface area contributed by atoms with Crippen molar-refractivity contribution in [3.05, 3.63) is 59.2 Å². The van der Waals surface area contributed by atoms with Crippen molar-refractivity contribution in [1.82, 2.24) is 5.32 Å². The van der Waals surface area contributed by atoms with Gasteiger partial charge in [0, 0.05) is 12.8 Å². The summed E-state index contributed by atoms with van der Waals surface area (Å²) in [5.74, 6) is -1.45. The van der Waals surface area contributed by atoms with Crippen molar-refractivity contribution in [3.63, 3.8) is 0 Å². The van der Waals surface area contributed by atoms with Gasteiger partial charge >= 0.3 is 12.4 Å². The Morgan fingerprint density at radius 3 is 2.13 bits per heavy atom. The summed E-state index contributed by atoms with van der Waals surface area (Å²) in [5.41, 5.74) is -2.52. The molecule has 0 aliphatic rings. The van der Waals surface area contributed by atoms with Crippen LogP contribution >= 0.6 is 0 Å². The summed E-state index contributed by atoms with van der Waals surface area (Å²) in [6, 6.07) is 6.67. The highest BCUT2D eigenvalue weighted by Crippen LogP contribution is 2.36. The third kappa shape index (κ3) is 6.12. The molecule has 0 saturated carbocycles. The quantitative estimate of drug-likeness (QED) is 0.673. The third-order valence-electron chi connectivity index (χ3n) is 3.79.